The molecule has 0 aliphatic rings. The number of rotatable bonds is 6. The Morgan fingerprint density at radius 3 is 1.68 bits per heavy atom. The van der Waals surface area contributed by atoms with Gasteiger partial charge in [0, 0.05) is 0 Å². The lowest BCUT2D eigenvalue weighted by Gasteiger charge is -2.13. The minimum absolute atomic E-state index is 0.588. The number of hydrogen-bond donors (Lipinski definition) is 0. The maximum Gasteiger partial charge on any atom is -0.0153 e. The standard InChI is InChI=1S/C19H22/c1-2-3-10-19(15-17-11-6-4-7-12-17)16-18-13-8-5-9-14-18/h3-14,19H,2,15-16H2,1H3/b10-3+. The summed E-state index contributed by atoms with van der Waals surface area (Å²) in [6, 6.07) is 21.5. The zero-order valence-corrected chi connectivity index (χ0v) is 11.6. The lowest BCUT2D eigenvalue weighted by molar-refractivity contribution is 0.642. The van der Waals surface area contributed by atoms with Gasteiger partial charge in [0.15, 0.2) is 0 Å². The molecule has 0 nitrogen and oxygen atoms in total. The fourth-order valence-electron chi connectivity index (χ4n) is 2.37. The highest BCUT2D eigenvalue weighted by Crippen LogP contribution is 2.16. The SMILES string of the molecule is CC/C=C/C(Cc1ccccc1)Cc1ccccc1. The molecule has 0 atom stereocenters. The minimum Gasteiger partial charge on any atom is -0.0885 e. The van der Waals surface area contributed by atoms with E-state index in [0.29, 0.717) is 5.92 Å². The van der Waals surface area contributed by atoms with Crippen LogP contribution in [0.4, 0.5) is 0 Å². The predicted octanol–water partition coefficient (Wildman–Crippen LogP) is 5.05. The fourth-order valence-corrected chi connectivity index (χ4v) is 2.37. The van der Waals surface area contributed by atoms with Crippen molar-refractivity contribution >= 4 is 0 Å². The van der Waals surface area contributed by atoms with E-state index in [4.69, 9.17) is 0 Å². The second kappa shape index (κ2) is 7.58. The first-order chi connectivity index (χ1) is 9.38. The molecule has 0 saturated heterocycles. The molecule has 0 N–H and O–H groups in total. The molecule has 0 aliphatic carbocycles. The Kier molecular flexibility index (Phi) is 5.43. The molecule has 2 rings (SSSR count). The van der Waals surface area contributed by atoms with Gasteiger partial charge in [0.25, 0.3) is 0 Å². The van der Waals surface area contributed by atoms with Crippen LogP contribution in [0.25, 0.3) is 0 Å². The van der Waals surface area contributed by atoms with Crippen molar-refractivity contribution in [3.8, 4) is 0 Å². The first-order valence-electron chi connectivity index (χ1n) is 7.13. The van der Waals surface area contributed by atoms with Crippen LogP contribution in [-0.4, -0.2) is 0 Å². The van der Waals surface area contributed by atoms with Gasteiger partial charge in [0.2, 0.25) is 0 Å². The van der Waals surface area contributed by atoms with Crippen molar-refractivity contribution in [2.45, 2.75) is 26.2 Å². The van der Waals surface area contributed by atoms with Crippen LogP contribution >= 0.6 is 0 Å². The fraction of sp³-hybridized carbons (Fsp3) is 0.263. The average molecular weight is 250 g/mol. The molecule has 0 spiro atoms. The average Bonchev–Trinajstić information content (AvgIpc) is 2.47. The van der Waals surface area contributed by atoms with E-state index in [-0.39, 0.29) is 0 Å². The van der Waals surface area contributed by atoms with Gasteiger partial charge in [-0.3, -0.25) is 0 Å². The quantitative estimate of drug-likeness (QED) is 0.629. The van der Waals surface area contributed by atoms with Crippen LogP contribution in [-0.2, 0) is 12.8 Å². The molecule has 0 aliphatic heterocycles. The van der Waals surface area contributed by atoms with Gasteiger partial charge < -0.3 is 0 Å². The highest BCUT2D eigenvalue weighted by atomic mass is 14.1. The van der Waals surface area contributed by atoms with E-state index in [9.17, 15) is 0 Å². The van der Waals surface area contributed by atoms with Gasteiger partial charge in [0.1, 0.15) is 0 Å². The minimum atomic E-state index is 0.588. The van der Waals surface area contributed by atoms with E-state index in [1.54, 1.807) is 0 Å². The highest BCUT2D eigenvalue weighted by molar-refractivity contribution is 5.20. The van der Waals surface area contributed by atoms with Gasteiger partial charge in [-0.2, -0.15) is 0 Å². The lowest BCUT2D eigenvalue weighted by atomic mass is 9.92. The Morgan fingerprint density at radius 2 is 1.26 bits per heavy atom. The Bertz CT molecular complexity index is 440. The lowest BCUT2D eigenvalue weighted by Crippen LogP contribution is -2.05. The molecule has 0 fully saturated rings. The molecular formula is C19H22. The van der Waals surface area contributed by atoms with Gasteiger partial charge in [0.05, 0.1) is 0 Å². The summed E-state index contributed by atoms with van der Waals surface area (Å²) in [4.78, 5) is 0. The number of hydrogen-bond acceptors (Lipinski definition) is 0. The maximum atomic E-state index is 2.38. The normalized spacial score (nSPS) is 11.3. The van der Waals surface area contributed by atoms with Crippen LogP contribution in [0.3, 0.4) is 0 Å². The van der Waals surface area contributed by atoms with Gasteiger partial charge in [-0.05, 0) is 36.3 Å². The van der Waals surface area contributed by atoms with Gasteiger partial charge in [-0.1, -0.05) is 79.7 Å². The molecule has 2 aromatic rings. The molecule has 0 amide bonds. The number of benzene rings is 2. The smallest absolute Gasteiger partial charge is 0.0153 e. The van der Waals surface area contributed by atoms with Crippen molar-refractivity contribution in [1.82, 2.24) is 0 Å². The van der Waals surface area contributed by atoms with E-state index < -0.39 is 0 Å². The topological polar surface area (TPSA) is 0 Å². The summed E-state index contributed by atoms with van der Waals surface area (Å²) >= 11 is 0. The van der Waals surface area contributed by atoms with Crippen LogP contribution in [0.1, 0.15) is 24.5 Å². The first kappa shape index (κ1) is 13.6. The Hall–Kier alpha value is -1.82. The van der Waals surface area contributed by atoms with Crippen molar-refractivity contribution in [3.05, 3.63) is 83.9 Å². The van der Waals surface area contributed by atoms with E-state index in [2.05, 4.69) is 79.7 Å². The summed E-state index contributed by atoms with van der Waals surface area (Å²) in [5.74, 6) is 0.588. The molecule has 0 heteroatoms. The summed E-state index contributed by atoms with van der Waals surface area (Å²) in [5, 5.41) is 0. The Balaban J connectivity index is 2.06. The zero-order valence-electron chi connectivity index (χ0n) is 11.6. The summed E-state index contributed by atoms with van der Waals surface area (Å²) in [6.45, 7) is 2.19. The monoisotopic (exact) mass is 250 g/mol. The van der Waals surface area contributed by atoms with Crippen molar-refractivity contribution < 1.29 is 0 Å². The summed E-state index contributed by atoms with van der Waals surface area (Å²) in [5.41, 5.74) is 2.84. The first-order valence-corrected chi connectivity index (χ1v) is 7.13. The maximum absolute atomic E-state index is 2.38. The van der Waals surface area contributed by atoms with Gasteiger partial charge >= 0.3 is 0 Å². The Labute approximate surface area is 116 Å². The molecule has 19 heavy (non-hydrogen) atoms. The third-order valence-corrected chi connectivity index (χ3v) is 3.33. The molecule has 98 valence electrons. The predicted molar refractivity (Wildman–Crippen MR) is 83.2 cm³/mol. The molecule has 0 radical (unpaired) electrons. The third kappa shape index (κ3) is 4.75. The van der Waals surface area contributed by atoms with E-state index in [1.165, 1.54) is 11.1 Å². The largest absolute Gasteiger partial charge is 0.0885 e. The van der Waals surface area contributed by atoms with E-state index in [0.717, 1.165) is 19.3 Å². The van der Waals surface area contributed by atoms with Gasteiger partial charge in [-0.25, -0.2) is 0 Å². The molecule has 0 saturated carbocycles. The third-order valence-electron chi connectivity index (χ3n) is 3.33. The summed E-state index contributed by atoms with van der Waals surface area (Å²) in [6.07, 6.45) is 8.01. The van der Waals surface area contributed by atoms with E-state index >= 15 is 0 Å². The number of allylic oxidation sites excluding steroid dienone is 2. The molecular weight excluding hydrogens is 228 g/mol. The second-order valence-corrected chi connectivity index (χ2v) is 4.98. The molecule has 0 bridgehead atoms. The molecule has 0 heterocycles. The molecule has 0 aromatic heterocycles. The second-order valence-electron chi connectivity index (χ2n) is 4.98. The Morgan fingerprint density at radius 1 is 0.789 bits per heavy atom. The molecule has 2 aromatic carbocycles. The van der Waals surface area contributed by atoms with Crippen molar-refractivity contribution in [1.29, 1.82) is 0 Å². The van der Waals surface area contributed by atoms with Crippen LogP contribution in [0.15, 0.2) is 72.8 Å². The van der Waals surface area contributed by atoms with Gasteiger partial charge in [-0.15, -0.1) is 0 Å². The van der Waals surface area contributed by atoms with Crippen LogP contribution in [0, 0.1) is 5.92 Å². The summed E-state index contributed by atoms with van der Waals surface area (Å²) < 4.78 is 0. The summed E-state index contributed by atoms with van der Waals surface area (Å²) in [7, 11) is 0. The van der Waals surface area contributed by atoms with Crippen LogP contribution in [0.2, 0.25) is 0 Å². The molecule has 0 unspecified atom stereocenters. The van der Waals surface area contributed by atoms with Crippen molar-refractivity contribution in [2.75, 3.05) is 0 Å². The van der Waals surface area contributed by atoms with E-state index in [1.807, 2.05) is 0 Å². The zero-order chi connectivity index (χ0) is 13.3. The van der Waals surface area contributed by atoms with Crippen molar-refractivity contribution in [3.63, 3.8) is 0 Å². The van der Waals surface area contributed by atoms with Crippen LogP contribution in [0.5, 0.6) is 0 Å². The highest BCUT2D eigenvalue weighted by Gasteiger charge is 2.07. The van der Waals surface area contributed by atoms with Crippen LogP contribution < -0.4 is 0 Å². The van der Waals surface area contributed by atoms with Crippen molar-refractivity contribution in [2.24, 2.45) is 5.92 Å².